The Morgan fingerprint density at radius 2 is 1.79 bits per heavy atom. The molecule has 2 heterocycles. The van der Waals surface area contributed by atoms with Gasteiger partial charge in [0.05, 0.1) is 24.2 Å². The fraction of sp³-hybridized carbons (Fsp3) is 0.476. The van der Waals surface area contributed by atoms with Gasteiger partial charge in [0, 0.05) is 33.2 Å². The molecule has 1 aromatic heterocycles. The zero-order chi connectivity index (χ0) is 20.9. The summed E-state index contributed by atoms with van der Waals surface area (Å²) in [4.78, 5) is 16.4. The van der Waals surface area contributed by atoms with Crippen LogP contribution in [0.2, 0.25) is 0 Å². The molecular formula is C21H29N3O4S. The van der Waals surface area contributed by atoms with Gasteiger partial charge in [0.2, 0.25) is 15.9 Å². The molecule has 0 saturated carbocycles. The lowest BCUT2D eigenvalue weighted by Gasteiger charge is -2.34. The van der Waals surface area contributed by atoms with Crippen LogP contribution in [0.25, 0.3) is 0 Å². The normalized spacial score (nSPS) is 16.1. The maximum atomic E-state index is 12.9. The minimum Gasteiger partial charge on any atom is -0.467 e. The van der Waals surface area contributed by atoms with Crippen LogP contribution in [-0.4, -0.2) is 68.2 Å². The summed E-state index contributed by atoms with van der Waals surface area (Å²) in [6.45, 7) is 4.64. The van der Waals surface area contributed by atoms with Crippen LogP contribution < -0.4 is 0 Å². The van der Waals surface area contributed by atoms with E-state index in [1.54, 1.807) is 36.4 Å². The summed E-state index contributed by atoms with van der Waals surface area (Å²) in [6, 6.07) is 10.8. The van der Waals surface area contributed by atoms with Crippen molar-refractivity contribution in [1.29, 1.82) is 0 Å². The highest BCUT2D eigenvalue weighted by Gasteiger charge is 2.29. The molecule has 1 aliphatic rings. The fourth-order valence-electron chi connectivity index (χ4n) is 3.43. The van der Waals surface area contributed by atoms with E-state index in [2.05, 4.69) is 6.92 Å². The second-order valence-corrected chi connectivity index (χ2v) is 9.34. The van der Waals surface area contributed by atoms with Crippen LogP contribution in [0, 0.1) is 0 Å². The van der Waals surface area contributed by atoms with Gasteiger partial charge in [0.1, 0.15) is 5.76 Å². The topological polar surface area (TPSA) is 74.1 Å². The Balaban J connectivity index is 1.52. The highest BCUT2D eigenvalue weighted by atomic mass is 32.2. The molecule has 0 N–H and O–H groups in total. The Kier molecular flexibility index (Phi) is 7.10. The maximum absolute atomic E-state index is 12.9. The summed E-state index contributed by atoms with van der Waals surface area (Å²) < 4.78 is 32.6. The van der Waals surface area contributed by atoms with Crippen molar-refractivity contribution in [1.82, 2.24) is 14.1 Å². The van der Waals surface area contributed by atoms with Crippen LogP contribution in [0.1, 0.15) is 24.7 Å². The van der Waals surface area contributed by atoms with Crippen LogP contribution in [0.3, 0.4) is 0 Å². The maximum Gasteiger partial charge on any atom is 0.243 e. The van der Waals surface area contributed by atoms with Crippen LogP contribution in [0.5, 0.6) is 0 Å². The molecule has 0 atom stereocenters. The van der Waals surface area contributed by atoms with Crippen LogP contribution in [0.4, 0.5) is 0 Å². The van der Waals surface area contributed by atoms with Crippen molar-refractivity contribution in [2.24, 2.45) is 0 Å². The Morgan fingerprint density at radius 3 is 2.38 bits per heavy atom. The monoisotopic (exact) mass is 419 g/mol. The molecule has 7 nitrogen and oxygen atoms in total. The van der Waals surface area contributed by atoms with Crippen LogP contribution in [0.15, 0.2) is 52.0 Å². The Morgan fingerprint density at radius 1 is 1.10 bits per heavy atom. The second-order valence-electron chi connectivity index (χ2n) is 7.40. The minimum absolute atomic E-state index is 0.00998. The summed E-state index contributed by atoms with van der Waals surface area (Å²) in [6.07, 6.45) is 3.57. The van der Waals surface area contributed by atoms with E-state index in [1.807, 2.05) is 23.1 Å². The first-order valence-corrected chi connectivity index (χ1v) is 11.4. The number of piperazine rings is 1. The third-order valence-corrected chi connectivity index (χ3v) is 7.10. The number of nitrogens with zero attached hydrogens (tertiary/aromatic N) is 3. The van der Waals surface area contributed by atoms with E-state index in [-0.39, 0.29) is 12.5 Å². The van der Waals surface area contributed by atoms with Gasteiger partial charge in [0.25, 0.3) is 0 Å². The van der Waals surface area contributed by atoms with Crippen molar-refractivity contribution in [3.8, 4) is 0 Å². The summed E-state index contributed by atoms with van der Waals surface area (Å²) in [5.41, 5.74) is 1.15. The summed E-state index contributed by atoms with van der Waals surface area (Å²) in [5, 5.41) is 0. The Hall–Kier alpha value is -2.16. The quantitative estimate of drug-likeness (QED) is 0.656. The van der Waals surface area contributed by atoms with Gasteiger partial charge in [-0.2, -0.15) is 4.31 Å². The lowest BCUT2D eigenvalue weighted by molar-refractivity contribution is -0.132. The van der Waals surface area contributed by atoms with Crippen molar-refractivity contribution in [2.75, 3.05) is 39.8 Å². The van der Waals surface area contributed by atoms with E-state index < -0.39 is 10.0 Å². The number of carbonyl (C=O) groups is 1. The summed E-state index contributed by atoms with van der Waals surface area (Å²) in [7, 11) is -1.75. The van der Waals surface area contributed by atoms with E-state index in [4.69, 9.17) is 4.42 Å². The highest BCUT2D eigenvalue weighted by Crippen LogP contribution is 2.19. The number of carbonyl (C=O) groups excluding carboxylic acids is 1. The van der Waals surface area contributed by atoms with Gasteiger partial charge in [-0.1, -0.05) is 25.5 Å². The van der Waals surface area contributed by atoms with Gasteiger partial charge in [-0.25, -0.2) is 8.42 Å². The van der Waals surface area contributed by atoms with Crippen molar-refractivity contribution in [3.63, 3.8) is 0 Å². The number of likely N-dealkylation sites (N-methyl/N-ethyl adjacent to an activating group) is 1. The molecule has 0 aliphatic carbocycles. The van der Waals surface area contributed by atoms with Gasteiger partial charge >= 0.3 is 0 Å². The molecule has 2 aromatic rings. The number of amides is 1. The van der Waals surface area contributed by atoms with Gasteiger partial charge in [-0.3, -0.25) is 9.69 Å². The van der Waals surface area contributed by atoms with Crippen molar-refractivity contribution in [3.05, 3.63) is 54.0 Å². The second kappa shape index (κ2) is 9.56. The van der Waals surface area contributed by atoms with E-state index in [0.29, 0.717) is 37.6 Å². The van der Waals surface area contributed by atoms with E-state index >= 15 is 0 Å². The fourth-order valence-corrected chi connectivity index (χ4v) is 4.85. The molecule has 0 unspecified atom stereocenters. The molecule has 1 amide bonds. The average molecular weight is 420 g/mol. The molecule has 0 spiro atoms. The first-order chi connectivity index (χ1) is 13.9. The SMILES string of the molecule is CCCc1ccc(S(=O)(=O)N2CCN(CC(=O)N(C)Cc3ccco3)CC2)cc1. The number of aryl methyl sites for hydroxylation is 1. The predicted octanol–water partition coefficient (Wildman–Crippen LogP) is 2.20. The number of rotatable bonds is 8. The molecule has 0 radical (unpaired) electrons. The first kappa shape index (κ1) is 21.5. The molecule has 0 bridgehead atoms. The number of furan rings is 1. The smallest absolute Gasteiger partial charge is 0.243 e. The number of sulfonamides is 1. The molecule has 1 aliphatic heterocycles. The lowest BCUT2D eigenvalue weighted by atomic mass is 10.1. The van der Waals surface area contributed by atoms with Crippen LogP contribution >= 0.6 is 0 Å². The molecular weight excluding hydrogens is 390 g/mol. The predicted molar refractivity (Wildman–Crippen MR) is 111 cm³/mol. The van der Waals surface area contributed by atoms with Gasteiger partial charge in [0.15, 0.2) is 0 Å². The Labute approximate surface area is 172 Å². The van der Waals surface area contributed by atoms with Gasteiger partial charge in [-0.05, 0) is 36.2 Å². The van der Waals surface area contributed by atoms with Crippen molar-refractivity contribution >= 4 is 15.9 Å². The summed E-state index contributed by atoms with van der Waals surface area (Å²) >= 11 is 0. The minimum atomic E-state index is -3.50. The zero-order valence-electron chi connectivity index (χ0n) is 17.1. The molecule has 3 rings (SSSR count). The van der Waals surface area contributed by atoms with Gasteiger partial charge < -0.3 is 9.32 Å². The lowest BCUT2D eigenvalue weighted by Crippen LogP contribution is -2.51. The third kappa shape index (κ3) is 5.46. The number of hydrogen-bond acceptors (Lipinski definition) is 5. The van der Waals surface area contributed by atoms with Crippen LogP contribution in [-0.2, 0) is 27.8 Å². The molecule has 158 valence electrons. The largest absolute Gasteiger partial charge is 0.467 e. The number of hydrogen-bond donors (Lipinski definition) is 0. The van der Waals surface area contributed by atoms with Crippen molar-refractivity contribution in [2.45, 2.75) is 31.2 Å². The standard InChI is InChI=1S/C21H29N3O4S/c1-3-5-18-7-9-20(10-8-18)29(26,27)24-13-11-23(12-14-24)17-21(25)22(2)16-19-6-4-15-28-19/h4,6-10,15H,3,5,11-14,16-17H2,1-2H3. The zero-order valence-corrected chi connectivity index (χ0v) is 17.9. The third-order valence-electron chi connectivity index (χ3n) is 5.19. The molecule has 29 heavy (non-hydrogen) atoms. The molecule has 1 aromatic carbocycles. The summed E-state index contributed by atoms with van der Waals surface area (Å²) in [5.74, 6) is 0.728. The molecule has 1 saturated heterocycles. The van der Waals surface area contributed by atoms with E-state index in [1.165, 1.54) is 4.31 Å². The molecule has 1 fully saturated rings. The Bertz CT molecular complexity index is 887. The number of benzene rings is 1. The van der Waals surface area contributed by atoms with Gasteiger partial charge in [-0.15, -0.1) is 0 Å². The molecule has 8 heteroatoms. The first-order valence-electron chi connectivity index (χ1n) is 9.98. The van der Waals surface area contributed by atoms with Crippen molar-refractivity contribution < 1.29 is 17.6 Å². The van der Waals surface area contributed by atoms with E-state index in [9.17, 15) is 13.2 Å². The highest BCUT2D eigenvalue weighted by molar-refractivity contribution is 7.89. The van der Waals surface area contributed by atoms with E-state index in [0.717, 1.165) is 24.2 Å². The average Bonchev–Trinajstić information content (AvgIpc) is 3.22.